The molecule has 4 rings (SSSR count). The van der Waals surface area contributed by atoms with Crippen LogP contribution in [0.3, 0.4) is 0 Å². The maximum atomic E-state index is 13.6. The van der Waals surface area contributed by atoms with Gasteiger partial charge in [0.1, 0.15) is 43.0 Å². The van der Waals surface area contributed by atoms with Gasteiger partial charge in [-0.2, -0.15) is 8.42 Å². The zero-order chi connectivity index (χ0) is 48.7. The molecular weight excluding hydrogens is 883 g/mol. The van der Waals surface area contributed by atoms with E-state index >= 15 is 0 Å². The first-order valence-electron chi connectivity index (χ1n) is 20.7. The number of esters is 1. The molecule has 2 saturated heterocycles. The number of aliphatic carboxylic acids is 1. The number of ether oxygens (including phenoxy) is 3. The third kappa shape index (κ3) is 13.8. The summed E-state index contributed by atoms with van der Waals surface area (Å²) >= 11 is 0. The van der Waals surface area contributed by atoms with Crippen molar-refractivity contribution in [3.63, 3.8) is 0 Å². The van der Waals surface area contributed by atoms with Gasteiger partial charge < -0.3 is 55.5 Å². The van der Waals surface area contributed by atoms with Crippen molar-refractivity contribution in [1.82, 2.24) is 20.4 Å². The molecule has 0 aliphatic carbocycles. The highest BCUT2D eigenvalue weighted by Gasteiger charge is 2.48. The molecule has 24 heteroatoms. The van der Waals surface area contributed by atoms with Crippen molar-refractivity contribution in [2.45, 2.75) is 122 Å². The van der Waals surface area contributed by atoms with E-state index in [0.717, 1.165) is 22.0 Å². The fraction of sp³-hybridized carbons (Fsp3) is 0.610. The van der Waals surface area contributed by atoms with Gasteiger partial charge in [-0.1, -0.05) is 19.9 Å². The number of nitrogens with one attached hydrogen (secondary N) is 3. The molecule has 360 valence electrons. The molecule has 0 unspecified atom stereocenters. The van der Waals surface area contributed by atoms with Crippen LogP contribution < -0.4 is 16.0 Å². The van der Waals surface area contributed by atoms with Crippen molar-refractivity contribution in [1.29, 1.82) is 0 Å². The molecule has 6 amide bonds. The first-order chi connectivity index (χ1) is 30.2. The number of anilines is 1. The number of hydrogen-bond donors (Lipinski definition) is 8. The lowest BCUT2D eigenvalue weighted by atomic mass is 9.91. The molecule has 9 atom stereocenters. The first kappa shape index (κ1) is 52.3. The summed E-state index contributed by atoms with van der Waals surface area (Å²) in [6.07, 6.45) is -6.62. The highest BCUT2D eigenvalue weighted by molar-refractivity contribution is 7.85. The minimum atomic E-state index is -4.38. The van der Waals surface area contributed by atoms with Gasteiger partial charge in [-0.05, 0) is 69.7 Å². The number of aryl methyl sites for hydroxylation is 1. The second kappa shape index (κ2) is 21.7. The molecule has 3 heterocycles. The fourth-order valence-electron chi connectivity index (χ4n) is 7.20. The Kier molecular flexibility index (Phi) is 17.5. The Bertz CT molecular complexity index is 2120. The van der Waals surface area contributed by atoms with E-state index in [1.165, 1.54) is 19.1 Å². The van der Waals surface area contributed by atoms with Crippen LogP contribution in [0.2, 0.25) is 0 Å². The molecule has 65 heavy (non-hydrogen) atoms. The van der Waals surface area contributed by atoms with Crippen LogP contribution in [-0.2, 0) is 75.7 Å². The summed E-state index contributed by atoms with van der Waals surface area (Å²) in [6, 6.07) is -0.0948. The van der Waals surface area contributed by atoms with Crippen molar-refractivity contribution in [3.05, 3.63) is 41.5 Å². The van der Waals surface area contributed by atoms with E-state index in [1.807, 2.05) is 0 Å². The molecule has 2 fully saturated rings. The number of aliphatic hydroxyl groups excluding tert-OH is 3. The van der Waals surface area contributed by atoms with Crippen molar-refractivity contribution in [2.24, 2.45) is 11.3 Å². The van der Waals surface area contributed by atoms with Crippen molar-refractivity contribution < 1.29 is 86.0 Å². The Morgan fingerprint density at radius 1 is 0.923 bits per heavy atom. The lowest BCUT2D eigenvalue weighted by molar-refractivity contribution is -0.228. The molecule has 23 nitrogen and oxygen atoms in total. The molecule has 0 radical (unpaired) electrons. The number of carbonyl (C=O) groups is 8. The van der Waals surface area contributed by atoms with E-state index in [4.69, 9.17) is 18.8 Å². The number of carboxylic acid groups (broad SMARTS) is 1. The number of imide groups is 1. The summed E-state index contributed by atoms with van der Waals surface area (Å²) in [5, 5.41) is 48.2. The number of nitrogens with zero attached hydrogens (tertiary/aromatic N) is 2. The molecule has 0 spiro atoms. The zero-order valence-electron chi connectivity index (χ0n) is 36.7. The smallest absolute Gasteiger partial charge is 0.335 e. The summed E-state index contributed by atoms with van der Waals surface area (Å²) < 4.78 is 47.6. The molecule has 1 aromatic rings. The minimum Gasteiger partial charge on any atom is -0.479 e. The van der Waals surface area contributed by atoms with Crippen LogP contribution in [0.4, 0.5) is 5.69 Å². The van der Waals surface area contributed by atoms with Crippen LogP contribution in [0, 0.1) is 11.3 Å². The van der Waals surface area contributed by atoms with Gasteiger partial charge >= 0.3 is 11.9 Å². The highest BCUT2D eigenvalue weighted by Crippen LogP contribution is 2.29. The molecule has 3 aliphatic heterocycles. The Hall–Kier alpha value is -5.37. The van der Waals surface area contributed by atoms with E-state index in [0.29, 0.717) is 11.1 Å². The van der Waals surface area contributed by atoms with Gasteiger partial charge in [-0.3, -0.25) is 43.0 Å². The largest absolute Gasteiger partial charge is 0.479 e. The number of carboxylic acids is 1. The Labute approximate surface area is 374 Å². The van der Waals surface area contributed by atoms with Crippen LogP contribution in [0.5, 0.6) is 0 Å². The topological polar surface area (TPSA) is 342 Å². The van der Waals surface area contributed by atoms with Gasteiger partial charge in [-0.15, -0.1) is 0 Å². The highest BCUT2D eigenvalue weighted by atomic mass is 32.2. The SMILES string of the molecule is CC(C)[C@H](NC(=O)CN1C(=O)[C@@H](N2C(=O)C=CC2=O)C[C@H]1COCCS(=O)(=O)O)C(=O)N[C@@H](C)C(=O)Nc1ccc(COC(=O)C(C)(C)C)c(CC[C@@H]2O[C@H](C(=O)O)[C@@H](O)[C@H](O)[C@H]2O)c1. The number of aliphatic hydroxyl groups is 3. The summed E-state index contributed by atoms with van der Waals surface area (Å²) in [6.45, 7) is 7.93. The Balaban J connectivity index is 1.44. The zero-order valence-corrected chi connectivity index (χ0v) is 37.5. The lowest BCUT2D eigenvalue weighted by Gasteiger charge is -2.39. The molecule has 0 bridgehead atoms. The van der Waals surface area contributed by atoms with Crippen LogP contribution >= 0.6 is 0 Å². The summed E-state index contributed by atoms with van der Waals surface area (Å²) in [7, 11) is -4.38. The lowest BCUT2D eigenvalue weighted by Crippen LogP contribution is -2.59. The minimum absolute atomic E-state index is 0.0439. The van der Waals surface area contributed by atoms with Crippen molar-refractivity contribution in [2.75, 3.05) is 30.8 Å². The number of likely N-dealkylation sites (tertiary alicyclic amines) is 1. The van der Waals surface area contributed by atoms with Crippen LogP contribution in [-0.4, -0.2) is 171 Å². The monoisotopic (exact) mass is 939 g/mol. The number of hydrogen-bond acceptors (Lipinski definition) is 16. The second-order valence-corrected chi connectivity index (χ2v) is 18.9. The summed E-state index contributed by atoms with van der Waals surface area (Å²) in [4.78, 5) is 105. The number of rotatable bonds is 20. The van der Waals surface area contributed by atoms with E-state index in [2.05, 4.69) is 16.0 Å². The maximum absolute atomic E-state index is 13.6. The normalized spacial score (nSPS) is 24.5. The van der Waals surface area contributed by atoms with E-state index in [9.17, 15) is 67.2 Å². The second-order valence-electron chi connectivity index (χ2n) is 17.4. The third-order valence-electron chi connectivity index (χ3n) is 10.9. The maximum Gasteiger partial charge on any atom is 0.335 e. The predicted octanol–water partition coefficient (Wildman–Crippen LogP) is -1.97. The summed E-state index contributed by atoms with van der Waals surface area (Å²) in [5.41, 5.74) is 0.332. The van der Waals surface area contributed by atoms with Gasteiger partial charge in [0.2, 0.25) is 23.6 Å². The third-order valence-corrected chi connectivity index (χ3v) is 11.6. The van der Waals surface area contributed by atoms with Crippen molar-refractivity contribution >= 4 is 63.2 Å². The number of amides is 6. The van der Waals surface area contributed by atoms with E-state index < -0.39 is 142 Å². The van der Waals surface area contributed by atoms with Crippen molar-refractivity contribution in [3.8, 4) is 0 Å². The molecular formula is C41H57N5O18S. The number of benzene rings is 1. The van der Waals surface area contributed by atoms with Gasteiger partial charge in [0.25, 0.3) is 21.9 Å². The van der Waals surface area contributed by atoms with Crippen LogP contribution in [0.15, 0.2) is 30.4 Å². The van der Waals surface area contributed by atoms with Crippen LogP contribution in [0.1, 0.15) is 65.5 Å². The average molecular weight is 940 g/mol. The Morgan fingerprint density at radius 2 is 1.57 bits per heavy atom. The molecule has 0 aromatic heterocycles. The standard InChI is InChI=1S/C41H57N5O18S/c1-20(2)31(44-28(47)17-45-25(19-62-13-14-65(59,60)61)16-26(38(45)55)46-29(48)11-12-30(46)49)37(54)42-21(3)36(53)43-24-9-7-23(18-63-40(58)41(4,5)6)22(15-24)8-10-27-32(50)33(51)34(52)35(64-27)39(56)57/h7,9,11-12,15,20-21,25-27,31-35,50-52H,8,10,13-14,16-19H2,1-6H3,(H,42,54)(H,43,53)(H,44,47)(H,56,57)(H,59,60,61)/t21-,25-,26-,27-,31-,32-,33+,34-,35-/m0/s1. The average Bonchev–Trinajstić information content (AvgIpc) is 3.70. The molecule has 0 saturated carbocycles. The van der Waals surface area contributed by atoms with Gasteiger partial charge in [-0.25, -0.2) is 4.79 Å². The van der Waals surface area contributed by atoms with E-state index in [1.54, 1.807) is 40.7 Å². The van der Waals surface area contributed by atoms with Gasteiger partial charge in [0.15, 0.2) is 6.10 Å². The molecule has 8 N–H and O–H groups in total. The fourth-order valence-corrected chi connectivity index (χ4v) is 7.53. The predicted molar refractivity (Wildman–Crippen MR) is 223 cm³/mol. The number of carbonyl (C=O) groups excluding carboxylic acids is 7. The van der Waals surface area contributed by atoms with Gasteiger partial charge in [0, 0.05) is 24.3 Å². The first-order valence-corrected chi connectivity index (χ1v) is 22.3. The molecule has 1 aromatic carbocycles. The summed E-state index contributed by atoms with van der Waals surface area (Å²) in [5.74, 6) is -7.97. The quantitative estimate of drug-likeness (QED) is 0.0304. The van der Waals surface area contributed by atoms with Crippen LogP contribution in [0.25, 0.3) is 0 Å². The van der Waals surface area contributed by atoms with Gasteiger partial charge in [0.05, 0.1) is 43.1 Å². The Morgan fingerprint density at radius 3 is 2.15 bits per heavy atom. The van der Waals surface area contributed by atoms with E-state index in [-0.39, 0.29) is 38.2 Å². The molecule has 3 aliphatic rings.